The summed E-state index contributed by atoms with van der Waals surface area (Å²) in [5.74, 6) is -0.161. The van der Waals surface area contributed by atoms with E-state index >= 15 is 0 Å². The molecule has 0 radical (unpaired) electrons. The van der Waals surface area contributed by atoms with E-state index in [1.165, 1.54) is 30.5 Å². The average molecular weight is 427 g/mol. The van der Waals surface area contributed by atoms with E-state index in [1.54, 1.807) is 0 Å². The van der Waals surface area contributed by atoms with Crippen molar-refractivity contribution in [1.82, 2.24) is 5.43 Å². The van der Waals surface area contributed by atoms with E-state index in [0.29, 0.717) is 17.9 Å². The van der Waals surface area contributed by atoms with Gasteiger partial charge in [-0.05, 0) is 54.1 Å². The van der Waals surface area contributed by atoms with Gasteiger partial charge >= 0.3 is 0 Å². The summed E-state index contributed by atoms with van der Waals surface area (Å²) in [7, 11) is 0. The molecule has 6 heteroatoms. The van der Waals surface area contributed by atoms with Crippen molar-refractivity contribution in [2.45, 2.75) is 6.61 Å². The van der Waals surface area contributed by atoms with Crippen LogP contribution >= 0.6 is 15.9 Å². The summed E-state index contributed by atoms with van der Waals surface area (Å²) < 4.78 is 19.8. The highest BCUT2D eigenvalue weighted by Crippen LogP contribution is 2.18. The molecule has 136 valence electrons. The summed E-state index contributed by atoms with van der Waals surface area (Å²) in [6.07, 6.45) is 1.51. The van der Waals surface area contributed by atoms with Crippen molar-refractivity contribution in [3.05, 3.63) is 99.8 Å². The fraction of sp³-hybridized carbons (Fsp3) is 0.0476. The fourth-order valence-electron chi connectivity index (χ4n) is 2.29. The molecule has 0 spiro atoms. The van der Waals surface area contributed by atoms with Gasteiger partial charge in [0.05, 0.1) is 6.21 Å². The summed E-state index contributed by atoms with van der Waals surface area (Å²) in [4.78, 5) is 12.0. The van der Waals surface area contributed by atoms with Crippen LogP contribution in [0.15, 0.2) is 82.4 Å². The Morgan fingerprint density at radius 3 is 2.48 bits per heavy atom. The maximum absolute atomic E-state index is 12.9. The van der Waals surface area contributed by atoms with E-state index in [4.69, 9.17) is 4.74 Å². The molecule has 0 unspecified atom stereocenters. The van der Waals surface area contributed by atoms with Gasteiger partial charge in [0.15, 0.2) is 0 Å². The minimum atomic E-state index is -0.417. The van der Waals surface area contributed by atoms with Crippen LogP contribution in [0.25, 0.3) is 0 Å². The Hall–Kier alpha value is -2.99. The van der Waals surface area contributed by atoms with Crippen molar-refractivity contribution >= 4 is 28.1 Å². The number of benzene rings is 3. The molecule has 0 saturated heterocycles. The number of ether oxygens (including phenoxy) is 1. The molecule has 0 atom stereocenters. The summed E-state index contributed by atoms with van der Waals surface area (Å²) in [5, 5.41) is 3.96. The number of hydrogen-bond acceptors (Lipinski definition) is 3. The van der Waals surface area contributed by atoms with E-state index in [-0.39, 0.29) is 0 Å². The number of nitrogens with one attached hydrogen (secondary N) is 1. The van der Waals surface area contributed by atoms with E-state index in [2.05, 4.69) is 26.5 Å². The van der Waals surface area contributed by atoms with Gasteiger partial charge in [-0.1, -0.05) is 40.2 Å². The predicted molar refractivity (Wildman–Crippen MR) is 106 cm³/mol. The Morgan fingerprint density at radius 1 is 1.04 bits per heavy atom. The van der Waals surface area contributed by atoms with E-state index in [9.17, 15) is 9.18 Å². The zero-order chi connectivity index (χ0) is 19.1. The van der Waals surface area contributed by atoms with Gasteiger partial charge in [0.2, 0.25) is 0 Å². The molecule has 27 heavy (non-hydrogen) atoms. The molecule has 0 saturated carbocycles. The number of hydrogen-bond donors (Lipinski definition) is 1. The van der Waals surface area contributed by atoms with Crippen molar-refractivity contribution in [3.8, 4) is 5.75 Å². The third kappa shape index (κ3) is 5.49. The molecule has 1 N–H and O–H groups in total. The molecular weight excluding hydrogens is 411 g/mol. The van der Waals surface area contributed by atoms with Gasteiger partial charge in [-0.25, -0.2) is 9.82 Å². The maximum atomic E-state index is 12.9. The number of nitrogens with zero attached hydrogens (tertiary/aromatic N) is 1. The summed E-state index contributed by atoms with van der Waals surface area (Å²) >= 11 is 3.40. The first kappa shape index (κ1) is 18.8. The first-order valence-corrected chi connectivity index (χ1v) is 8.96. The van der Waals surface area contributed by atoms with Crippen LogP contribution in [-0.4, -0.2) is 12.1 Å². The van der Waals surface area contributed by atoms with Crippen LogP contribution in [0.1, 0.15) is 21.5 Å². The van der Waals surface area contributed by atoms with Crippen LogP contribution < -0.4 is 10.2 Å². The summed E-state index contributed by atoms with van der Waals surface area (Å²) in [6, 6.07) is 20.5. The number of para-hydroxylation sites is 1. The third-order valence-electron chi connectivity index (χ3n) is 3.70. The van der Waals surface area contributed by atoms with Gasteiger partial charge in [0.25, 0.3) is 5.91 Å². The lowest BCUT2D eigenvalue weighted by molar-refractivity contribution is 0.0955. The Labute approximate surface area is 164 Å². The number of hydrazone groups is 1. The van der Waals surface area contributed by atoms with Gasteiger partial charge in [0.1, 0.15) is 18.2 Å². The van der Waals surface area contributed by atoms with Crippen molar-refractivity contribution in [3.63, 3.8) is 0 Å². The predicted octanol–water partition coefficient (Wildman–Crippen LogP) is 4.93. The minimum absolute atomic E-state index is 0.327. The van der Waals surface area contributed by atoms with Gasteiger partial charge in [-0.2, -0.15) is 5.10 Å². The first-order chi connectivity index (χ1) is 13.1. The van der Waals surface area contributed by atoms with Crippen LogP contribution in [0, 0.1) is 5.82 Å². The van der Waals surface area contributed by atoms with Crippen molar-refractivity contribution in [1.29, 1.82) is 0 Å². The second kappa shape index (κ2) is 9.09. The second-order valence-electron chi connectivity index (χ2n) is 5.66. The van der Waals surface area contributed by atoms with Gasteiger partial charge in [-0.15, -0.1) is 0 Å². The largest absolute Gasteiger partial charge is 0.488 e. The molecule has 0 aliphatic carbocycles. The summed E-state index contributed by atoms with van der Waals surface area (Å²) in [5.41, 5.74) is 4.52. The molecule has 3 aromatic carbocycles. The molecule has 0 bridgehead atoms. The lowest BCUT2D eigenvalue weighted by Gasteiger charge is -2.09. The molecular formula is C21H16BrFN2O2. The molecule has 0 aliphatic rings. The van der Waals surface area contributed by atoms with E-state index in [1.807, 2.05) is 48.5 Å². The molecule has 3 rings (SSSR count). The van der Waals surface area contributed by atoms with Gasteiger partial charge in [0, 0.05) is 15.6 Å². The third-order valence-corrected chi connectivity index (χ3v) is 4.23. The number of rotatable bonds is 6. The molecule has 0 aromatic heterocycles. The smallest absolute Gasteiger partial charge is 0.271 e. The van der Waals surface area contributed by atoms with Crippen LogP contribution in [0.5, 0.6) is 5.75 Å². The highest BCUT2D eigenvalue weighted by Gasteiger charge is 2.05. The van der Waals surface area contributed by atoms with E-state index < -0.39 is 11.7 Å². The quantitative estimate of drug-likeness (QED) is 0.448. The number of carbonyl (C=O) groups is 1. The molecule has 0 heterocycles. The molecule has 0 aliphatic heterocycles. The topological polar surface area (TPSA) is 50.7 Å². The SMILES string of the molecule is O=C(NN=Cc1ccccc1OCc1ccc(Br)cc1)c1ccc(F)cc1. The minimum Gasteiger partial charge on any atom is -0.488 e. The van der Waals surface area contributed by atoms with Crippen molar-refractivity contribution in [2.24, 2.45) is 5.10 Å². The molecule has 1 amide bonds. The zero-order valence-electron chi connectivity index (χ0n) is 14.2. The Balaban J connectivity index is 1.62. The first-order valence-electron chi connectivity index (χ1n) is 8.17. The van der Waals surface area contributed by atoms with Crippen molar-refractivity contribution in [2.75, 3.05) is 0 Å². The zero-order valence-corrected chi connectivity index (χ0v) is 15.8. The monoisotopic (exact) mass is 426 g/mol. The number of amides is 1. The van der Waals surface area contributed by atoms with Crippen LogP contribution in [0.2, 0.25) is 0 Å². The maximum Gasteiger partial charge on any atom is 0.271 e. The molecule has 0 fully saturated rings. The Bertz CT molecular complexity index is 941. The standard InChI is InChI=1S/C21H16BrFN2O2/c22-18-9-5-15(6-10-18)14-27-20-4-2-1-3-17(20)13-24-25-21(26)16-7-11-19(23)12-8-16/h1-13H,14H2,(H,25,26). The molecule has 4 nitrogen and oxygen atoms in total. The van der Waals surface area contributed by atoms with E-state index in [0.717, 1.165) is 15.6 Å². The second-order valence-corrected chi connectivity index (χ2v) is 6.57. The van der Waals surface area contributed by atoms with Crippen LogP contribution in [0.3, 0.4) is 0 Å². The number of carbonyl (C=O) groups excluding carboxylic acids is 1. The Kier molecular flexibility index (Phi) is 6.33. The lowest BCUT2D eigenvalue weighted by atomic mass is 10.2. The normalized spacial score (nSPS) is 10.7. The fourth-order valence-corrected chi connectivity index (χ4v) is 2.55. The average Bonchev–Trinajstić information content (AvgIpc) is 2.69. The van der Waals surface area contributed by atoms with Gasteiger partial charge < -0.3 is 4.74 Å². The Morgan fingerprint density at radius 2 is 1.74 bits per heavy atom. The molecule has 3 aromatic rings. The highest BCUT2D eigenvalue weighted by molar-refractivity contribution is 9.10. The lowest BCUT2D eigenvalue weighted by Crippen LogP contribution is -2.17. The number of halogens is 2. The highest BCUT2D eigenvalue weighted by atomic mass is 79.9. The van der Waals surface area contributed by atoms with Crippen LogP contribution in [0.4, 0.5) is 4.39 Å². The van der Waals surface area contributed by atoms with Gasteiger partial charge in [-0.3, -0.25) is 4.79 Å². The van der Waals surface area contributed by atoms with Crippen LogP contribution in [-0.2, 0) is 6.61 Å². The van der Waals surface area contributed by atoms with Crippen molar-refractivity contribution < 1.29 is 13.9 Å². The summed E-state index contributed by atoms with van der Waals surface area (Å²) in [6.45, 7) is 0.417.